The number of aliphatic imine (C=N–C) groups is 1. The number of nitrogens with zero attached hydrogens (tertiary/aromatic N) is 2. The number of methoxy groups -OCH3 is 1. The SMILES string of the molecule is CCNC(=NCCNC(=O)c1cccc(OC)c1)N(C)Cc1ccccc1. The lowest BCUT2D eigenvalue weighted by molar-refractivity contribution is 0.0954. The van der Waals surface area contributed by atoms with Gasteiger partial charge < -0.3 is 20.3 Å². The van der Waals surface area contributed by atoms with Crippen LogP contribution < -0.4 is 15.4 Å². The minimum absolute atomic E-state index is 0.133. The Morgan fingerprint density at radius 2 is 1.89 bits per heavy atom. The standard InChI is InChI=1S/C21H28N4O2/c1-4-22-21(25(2)16-17-9-6-5-7-10-17)24-14-13-23-20(26)18-11-8-12-19(15-18)27-3/h5-12,15H,4,13-14,16H2,1-3H3,(H,22,24)(H,23,26). The summed E-state index contributed by atoms with van der Waals surface area (Å²) in [6.07, 6.45) is 0. The highest BCUT2D eigenvalue weighted by molar-refractivity contribution is 5.94. The third-order valence-electron chi connectivity index (χ3n) is 3.95. The van der Waals surface area contributed by atoms with Crippen molar-refractivity contribution in [2.75, 3.05) is 33.8 Å². The molecule has 0 aromatic heterocycles. The van der Waals surface area contributed by atoms with Gasteiger partial charge in [-0.1, -0.05) is 36.4 Å². The molecule has 0 radical (unpaired) electrons. The second-order valence-electron chi connectivity index (χ2n) is 6.07. The van der Waals surface area contributed by atoms with Crippen molar-refractivity contribution in [1.29, 1.82) is 0 Å². The van der Waals surface area contributed by atoms with Crippen LogP contribution in [0.2, 0.25) is 0 Å². The van der Waals surface area contributed by atoms with Crippen molar-refractivity contribution in [2.24, 2.45) is 4.99 Å². The van der Waals surface area contributed by atoms with Crippen molar-refractivity contribution >= 4 is 11.9 Å². The van der Waals surface area contributed by atoms with Gasteiger partial charge in [-0.15, -0.1) is 0 Å². The van der Waals surface area contributed by atoms with E-state index in [4.69, 9.17) is 4.74 Å². The second kappa shape index (κ2) is 10.9. The largest absolute Gasteiger partial charge is 0.497 e. The van der Waals surface area contributed by atoms with Crippen LogP contribution in [0.15, 0.2) is 59.6 Å². The van der Waals surface area contributed by atoms with Crippen LogP contribution in [0, 0.1) is 0 Å². The van der Waals surface area contributed by atoms with E-state index >= 15 is 0 Å². The van der Waals surface area contributed by atoms with Crippen molar-refractivity contribution in [1.82, 2.24) is 15.5 Å². The van der Waals surface area contributed by atoms with Gasteiger partial charge in [0.15, 0.2) is 5.96 Å². The molecule has 0 heterocycles. The van der Waals surface area contributed by atoms with Gasteiger partial charge in [0.05, 0.1) is 13.7 Å². The maximum Gasteiger partial charge on any atom is 0.251 e. The normalized spacial score (nSPS) is 11.0. The number of amides is 1. The Kier molecular flexibility index (Phi) is 8.16. The molecule has 0 aliphatic heterocycles. The zero-order valence-corrected chi connectivity index (χ0v) is 16.2. The zero-order valence-electron chi connectivity index (χ0n) is 16.2. The summed E-state index contributed by atoms with van der Waals surface area (Å²) in [5.74, 6) is 1.35. The van der Waals surface area contributed by atoms with E-state index in [1.54, 1.807) is 25.3 Å². The highest BCUT2D eigenvalue weighted by atomic mass is 16.5. The van der Waals surface area contributed by atoms with E-state index in [-0.39, 0.29) is 5.91 Å². The summed E-state index contributed by atoms with van der Waals surface area (Å²) < 4.78 is 5.15. The van der Waals surface area contributed by atoms with Crippen LogP contribution in [0.5, 0.6) is 5.75 Å². The molecular formula is C21H28N4O2. The van der Waals surface area contributed by atoms with Crippen molar-refractivity contribution in [2.45, 2.75) is 13.5 Å². The predicted octanol–water partition coefficient (Wildman–Crippen LogP) is 2.52. The Labute approximate surface area is 161 Å². The summed E-state index contributed by atoms with van der Waals surface area (Å²) in [6.45, 7) is 4.55. The summed E-state index contributed by atoms with van der Waals surface area (Å²) in [5, 5.41) is 6.17. The summed E-state index contributed by atoms with van der Waals surface area (Å²) >= 11 is 0. The summed E-state index contributed by atoms with van der Waals surface area (Å²) in [4.78, 5) is 18.9. The van der Waals surface area contributed by atoms with Crippen molar-refractivity contribution in [3.8, 4) is 5.75 Å². The molecule has 144 valence electrons. The first-order valence-corrected chi connectivity index (χ1v) is 9.09. The van der Waals surface area contributed by atoms with Gasteiger partial charge in [0.25, 0.3) is 5.91 Å². The first-order valence-electron chi connectivity index (χ1n) is 9.09. The number of carbonyl (C=O) groups is 1. The number of rotatable bonds is 8. The van der Waals surface area contributed by atoms with E-state index in [1.165, 1.54) is 5.56 Å². The number of nitrogens with one attached hydrogen (secondary N) is 2. The van der Waals surface area contributed by atoms with E-state index < -0.39 is 0 Å². The molecule has 2 aromatic carbocycles. The third-order valence-corrected chi connectivity index (χ3v) is 3.95. The lowest BCUT2D eigenvalue weighted by atomic mass is 10.2. The Morgan fingerprint density at radius 1 is 1.11 bits per heavy atom. The van der Waals surface area contributed by atoms with Crippen LogP contribution in [-0.2, 0) is 6.54 Å². The fourth-order valence-electron chi connectivity index (χ4n) is 2.60. The molecule has 2 N–H and O–H groups in total. The van der Waals surface area contributed by atoms with Gasteiger partial charge in [-0.25, -0.2) is 0 Å². The van der Waals surface area contributed by atoms with Gasteiger partial charge in [0.1, 0.15) is 5.75 Å². The Bertz CT molecular complexity index is 747. The van der Waals surface area contributed by atoms with Crippen molar-refractivity contribution in [3.63, 3.8) is 0 Å². The Hall–Kier alpha value is -3.02. The highest BCUT2D eigenvalue weighted by Gasteiger charge is 2.08. The van der Waals surface area contributed by atoms with Crippen molar-refractivity contribution < 1.29 is 9.53 Å². The quantitative estimate of drug-likeness (QED) is 0.427. The smallest absolute Gasteiger partial charge is 0.251 e. The molecule has 0 aliphatic rings. The molecule has 6 heteroatoms. The number of hydrogen-bond donors (Lipinski definition) is 2. The molecule has 1 amide bonds. The number of ether oxygens (including phenoxy) is 1. The van der Waals surface area contributed by atoms with E-state index in [1.807, 2.05) is 38.2 Å². The second-order valence-corrected chi connectivity index (χ2v) is 6.07. The van der Waals surface area contributed by atoms with Crippen LogP contribution >= 0.6 is 0 Å². The van der Waals surface area contributed by atoms with Gasteiger partial charge in [-0.05, 0) is 30.7 Å². The fourth-order valence-corrected chi connectivity index (χ4v) is 2.60. The molecule has 2 rings (SSSR count). The third kappa shape index (κ3) is 6.66. The average Bonchev–Trinajstić information content (AvgIpc) is 2.70. The molecule has 2 aromatic rings. The molecule has 0 spiro atoms. The van der Waals surface area contributed by atoms with Gasteiger partial charge >= 0.3 is 0 Å². The Balaban J connectivity index is 1.87. The van der Waals surface area contributed by atoms with Gasteiger partial charge in [0, 0.05) is 32.2 Å². The summed E-state index contributed by atoms with van der Waals surface area (Å²) in [6, 6.07) is 17.3. The topological polar surface area (TPSA) is 66.0 Å². The average molecular weight is 368 g/mol. The van der Waals surface area contributed by atoms with E-state index in [9.17, 15) is 4.79 Å². The number of carbonyl (C=O) groups excluding carboxylic acids is 1. The van der Waals surface area contributed by atoms with E-state index in [0.29, 0.717) is 24.4 Å². The molecular weight excluding hydrogens is 340 g/mol. The highest BCUT2D eigenvalue weighted by Crippen LogP contribution is 2.12. The minimum Gasteiger partial charge on any atom is -0.497 e. The molecule has 0 unspecified atom stereocenters. The van der Waals surface area contributed by atoms with E-state index in [0.717, 1.165) is 19.0 Å². The number of guanidine groups is 1. The van der Waals surface area contributed by atoms with Gasteiger partial charge in [0.2, 0.25) is 0 Å². The van der Waals surface area contributed by atoms with Crippen LogP contribution in [0.4, 0.5) is 0 Å². The number of hydrogen-bond acceptors (Lipinski definition) is 3. The molecule has 0 bridgehead atoms. The zero-order chi connectivity index (χ0) is 19.5. The fraction of sp³-hybridized carbons (Fsp3) is 0.333. The van der Waals surface area contributed by atoms with Crippen LogP contribution in [-0.4, -0.2) is 50.6 Å². The number of benzene rings is 2. The van der Waals surface area contributed by atoms with Crippen molar-refractivity contribution in [3.05, 3.63) is 65.7 Å². The molecule has 0 saturated carbocycles. The first kappa shape index (κ1) is 20.3. The molecule has 0 atom stereocenters. The van der Waals surface area contributed by atoms with Gasteiger partial charge in [-0.3, -0.25) is 9.79 Å². The van der Waals surface area contributed by atoms with Gasteiger partial charge in [-0.2, -0.15) is 0 Å². The molecule has 27 heavy (non-hydrogen) atoms. The van der Waals surface area contributed by atoms with Crippen LogP contribution in [0.1, 0.15) is 22.8 Å². The predicted molar refractivity (Wildman–Crippen MR) is 109 cm³/mol. The summed E-state index contributed by atoms with van der Waals surface area (Å²) in [7, 11) is 3.59. The maximum atomic E-state index is 12.2. The summed E-state index contributed by atoms with van der Waals surface area (Å²) in [5.41, 5.74) is 1.79. The van der Waals surface area contributed by atoms with Crippen LogP contribution in [0.3, 0.4) is 0 Å². The lowest BCUT2D eigenvalue weighted by Gasteiger charge is -2.22. The molecule has 0 fully saturated rings. The molecule has 0 saturated heterocycles. The van der Waals surface area contributed by atoms with E-state index in [2.05, 4.69) is 32.7 Å². The Morgan fingerprint density at radius 3 is 2.59 bits per heavy atom. The maximum absolute atomic E-state index is 12.2. The van der Waals surface area contributed by atoms with Crippen LogP contribution in [0.25, 0.3) is 0 Å². The first-order chi connectivity index (χ1) is 13.1. The molecule has 0 aliphatic carbocycles. The monoisotopic (exact) mass is 368 g/mol. The minimum atomic E-state index is -0.133. The molecule has 6 nitrogen and oxygen atoms in total. The lowest BCUT2D eigenvalue weighted by Crippen LogP contribution is -2.39.